The molecule has 30 heavy (non-hydrogen) atoms. The maximum Gasteiger partial charge on any atom is 0.416 e. The Balaban J connectivity index is 1.52. The van der Waals surface area contributed by atoms with Crippen molar-refractivity contribution in [3.8, 4) is 0 Å². The summed E-state index contributed by atoms with van der Waals surface area (Å²) >= 11 is 0. The Morgan fingerprint density at radius 1 is 1.00 bits per heavy atom. The molecule has 1 fully saturated rings. The molecule has 1 heterocycles. The van der Waals surface area contributed by atoms with Gasteiger partial charge in [-0.3, -0.25) is 9.59 Å². The van der Waals surface area contributed by atoms with Crippen LogP contribution in [0, 0.1) is 0 Å². The number of piperidine rings is 1. The van der Waals surface area contributed by atoms with E-state index in [0.717, 1.165) is 30.7 Å². The van der Waals surface area contributed by atoms with Gasteiger partial charge in [0.05, 0.1) is 23.4 Å². The van der Waals surface area contributed by atoms with Crippen LogP contribution in [0.4, 0.5) is 24.5 Å². The lowest BCUT2D eigenvalue weighted by Gasteiger charge is -2.33. The molecule has 8 heteroatoms. The molecule has 160 valence electrons. The van der Waals surface area contributed by atoms with Gasteiger partial charge in [-0.25, -0.2) is 0 Å². The Labute approximate surface area is 173 Å². The van der Waals surface area contributed by atoms with Crippen LogP contribution in [0.15, 0.2) is 48.5 Å². The van der Waals surface area contributed by atoms with Crippen molar-refractivity contribution < 1.29 is 22.8 Å². The molecule has 1 aliphatic rings. The number of likely N-dealkylation sites (tertiary alicyclic amines) is 1. The summed E-state index contributed by atoms with van der Waals surface area (Å²) in [5.74, 6) is -0.236. The van der Waals surface area contributed by atoms with Gasteiger partial charge in [0.25, 0.3) is 0 Å². The van der Waals surface area contributed by atoms with E-state index >= 15 is 0 Å². The first-order valence-corrected chi connectivity index (χ1v) is 9.79. The number of rotatable bonds is 5. The molecule has 0 aromatic heterocycles. The van der Waals surface area contributed by atoms with E-state index in [0.29, 0.717) is 24.3 Å². The Morgan fingerprint density at radius 3 is 2.17 bits per heavy atom. The molecule has 0 aliphatic carbocycles. The Hall–Kier alpha value is -3.03. The molecule has 0 unspecified atom stereocenters. The van der Waals surface area contributed by atoms with Crippen LogP contribution in [0.2, 0.25) is 0 Å². The number of benzene rings is 2. The SMILES string of the molecule is CC(=O)Nc1ccccc1NC1CCN(C(=O)Cc2ccc(C(F)(F)F)cc2)CC1. The van der Waals surface area contributed by atoms with Crippen molar-refractivity contribution in [2.75, 3.05) is 23.7 Å². The first-order chi connectivity index (χ1) is 14.2. The van der Waals surface area contributed by atoms with Crippen molar-refractivity contribution in [2.45, 2.75) is 38.4 Å². The molecule has 2 N–H and O–H groups in total. The summed E-state index contributed by atoms with van der Waals surface area (Å²) in [7, 11) is 0. The van der Waals surface area contributed by atoms with E-state index in [-0.39, 0.29) is 24.3 Å². The third-order valence-electron chi connectivity index (χ3n) is 5.08. The summed E-state index contributed by atoms with van der Waals surface area (Å²) in [5, 5.41) is 6.22. The zero-order chi connectivity index (χ0) is 21.7. The van der Waals surface area contributed by atoms with E-state index in [9.17, 15) is 22.8 Å². The highest BCUT2D eigenvalue weighted by Crippen LogP contribution is 2.29. The Bertz CT molecular complexity index is 889. The maximum absolute atomic E-state index is 12.7. The largest absolute Gasteiger partial charge is 0.416 e. The van der Waals surface area contributed by atoms with Gasteiger partial charge in [-0.2, -0.15) is 13.2 Å². The van der Waals surface area contributed by atoms with Gasteiger partial charge in [-0.1, -0.05) is 24.3 Å². The van der Waals surface area contributed by atoms with E-state index in [1.165, 1.54) is 19.1 Å². The summed E-state index contributed by atoms with van der Waals surface area (Å²) < 4.78 is 38.0. The fourth-order valence-corrected chi connectivity index (χ4v) is 3.50. The van der Waals surface area contributed by atoms with Crippen LogP contribution >= 0.6 is 0 Å². The topological polar surface area (TPSA) is 61.4 Å². The second kappa shape index (κ2) is 9.19. The van der Waals surface area contributed by atoms with Crippen molar-refractivity contribution in [3.05, 3.63) is 59.7 Å². The lowest BCUT2D eigenvalue weighted by molar-refractivity contribution is -0.137. The monoisotopic (exact) mass is 419 g/mol. The molecule has 0 saturated carbocycles. The Morgan fingerprint density at radius 2 is 1.60 bits per heavy atom. The minimum absolute atomic E-state index is 0.0849. The summed E-state index contributed by atoms with van der Waals surface area (Å²) in [6, 6.07) is 12.3. The molecule has 0 atom stereocenters. The first-order valence-electron chi connectivity index (χ1n) is 9.79. The molecule has 2 aromatic rings. The highest BCUT2D eigenvalue weighted by Gasteiger charge is 2.30. The number of halogens is 3. The van der Waals surface area contributed by atoms with E-state index < -0.39 is 11.7 Å². The normalized spacial score (nSPS) is 15.0. The zero-order valence-corrected chi connectivity index (χ0v) is 16.6. The molecule has 0 spiro atoms. The maximum atomic E-state index is 12.7. The van der Waals surface area contributed by atoms with Gasteiger partial charge in [0.1, 0.15) is 0 Å². The van der Waals surface area contributed by atoms with Crippen LogP contribution in [0.1, 0.15) is 30.9 Å². The van der Waals surface area contributed by atoms with E-state index in [1.54, 1.807) is 4.90 Å². The number of carbonyl (C=O) groups excluding carboxylic acids is 2. The van der Waals surface area contributed by atoms with Crippen LogP contribution in [0.25, 0.3) is 0 Å². The van der Waals surface area contributed by atoms with E-state index in [1.807, 2.05) is 24.3 Å². The van der Waals surface area contributed by atoms with E-state index in [2.05, 4.69) is 10.6 Å². The fourth-order valence-electron chi connectivity index (χ4n) is 3.50. The molecule has 2 aromatic carbocycles. The van der Waals surface area contributed by atoms with Crippen molar-refractivity contribution >= 4 is 23.2 Å². The quantitative estimate of drug-likeness (QED) is 0.759. The molecule has 1 saturated heterocycles. The molecule has 0 radical (unpaired) electrons. The zero-order valence-electron chi connectivity index (χ0n) is 16.6. The molecular formula is C22H24F3N3O2. The van der Waals surface area contributed by atoms with Gasteiger partial charge >= 0.3 is 6.18 Å². The molecular weight excluding hydrogens is 395 g/mol. The lowest BCUT2D eigenvalue weighted by Crippen LogP contribution is -2.43. The summed E-state index contributed by atoms with van der Waals surface area (Å²) in [4.78, 5) is 25.6. The van der Waals surface area contributed by atoms with Crippen molar-refractivity contribution in [3.63, 3.8) is 0 Å². The smallest absolute Gasteiger partial charge is 0.380 e. The van der Waals surface area contributed by atoms with Crippen molar-refractivity contribution in [1.82, 2.24) is 4.90 Å². The molecule has 5 nitrogen and oxygen atoms in total. The minimum atomic E-state index is -4.38. The Kier molecular flexibility index (Phi) is 6.64. The summed E-state index contributed by atoms with van der Waals surface area (Å²) in [5.41, 5.74) is 1.40. The number of nitrogens with one attached hydrogen (secondary N) is 2. The highest BCUT2D eigenvalue weighted by molar-refractivity contribution is 5.92. The number of para-hydroxylation sites is 2. The number of hydrogen-bond donors (Lipinski definition) is 2. The van der Waals surface area contributed by atoms with Crippen LogP contribution in [-0.4, -0.2) is 35.8 Å². The third kappa shape index (κ3) is 5.75. The number of carbonyl (C=O) groups is 2. The number of nitrogens with zero attached hydrogens (tertiary/aromatic N) is 1. The minimum Gasteiger partial charge on any atom is -0.380 e. The van der Waals surface area contributed by atoms with Crippen molar-refractivity contribution in [2.24, 2.45) is 0 Å². The van der Waals surface area contributed by atoms with E-state index in [4.69, 9.17) is 0 Å². The second-order valence-electron chi connectivity index (χ2n) is 7.40. The second-order valence-corrected chi connectivity index (χ2v) is 7.40. The van der Waals surface area contributed by atoms with Gasteiger partial charge in [-0.15, -0.1) is 0 Å². The predicted octanol–water partition coefficient (Wildman–Crippen LogP) is 4.31. The molecule has 1 aliphatic heterocycles. The highest BCUT2D eigenvalue weighted by atomic mass is 19.4. The standard InChI is InChI=1S/C22H24F3N3O2/c1-15(29)26-19-4-2-3-5-20(19)27-18-10-12-28(13-11-18)21(30)14-16-6-8-17(9-7-16)22(23,24)25/h2-9,18,27H,10-14H2,1H3,(H,26,29). The molecule has 2 amide bonds. The predicted molar refractivity (Wildman–Crippen MR) is 109 cm³/mol. The summed E-state index contributed by atoms with van der Waals surface area (Å²) in [6.45, 7) is 2.59. The van der Waals surface area contributed by atoms with Crippen LogP contribution in [-0.2, 0) is 22.2 Å². The lowest BCUT2D eigenvalue weighted by atomic mass is 10.0. The van der Waals surface area contributed by atoms with Gasteiger partial charge < -0.3 is 15.5 Å². The number of anilines is 2. The molecule has 0 bridgehead atoms. The summed E-state index contributed by atoms with van der Waals surface area (Å²) in [6.07, 6.45) is -2.81. The average molecular weight is 419 g/mol. The van der Waals surface area contributed by atoms with Crippen LogP contribution in [0.5, 0.6) is 0 Å². The fraction of sp³-hybridized carbons (Fsp3) is 0.364. The number of alkyl halides is 3. The first kappa shape index (κ1) is 21.7. The molecule has 3 rings (SSSR count). The van der Waals surface area contributed by atoms with Crippen molar-refractivity contribution in [1.29, 1.82) is 0 Å². The van der Waals surface area contributed by atoms with Crippen LogP contribution in [0.3, 0.4) is 0 Å². The van der Waals surface area contributed by atoms with Gasteiger partial charge in [0.15, 0.2) is 0 Å². The average Bonchev–Trinajstić information content (AvgIpc) is 2.69. The van der Waals surface area contributed by atoms with Gasteiger partial charge in [0, 0.05) is 26.1 Å². The van der Waals surface area contributed by atoms with Crippen LogP contribution < -0.4 is 10.6 Å². The third-order valence-corrected chi connectivity index (χ3v) is 5.08. The number of hydrogen-bond acceptors (Lipinski definition) is 3. The number of amides is 2. The van der Waals surface area contributed by atoms with Gasteiger partial charge in [0.2, 0.25) is 11.8 Å². The van der Waals surface area contributed by atoms with Gasteiger partial charge in [-0.05, 0) is 42.7 Å².